The number of rotatable bonds is 6. The second kappa shape index (κ2) is 6.55. The van der Waals surface area contributed by atoms with Crippen LogP contribution in [0.4, 0.5) is 5.82 Å². The van der Waals surface area contributed by atoms with Crippen LogP contribution in [0.5, 0.6) is 0 Å². The summed E-state index contributed by atoms with van der Waals surface area (Å²) < 4.78 is 0. The van der Waals surface area contributed by atoms with Crippen molar-refractivity contribution in [2.24, 2.45) is 17.8 Å². The maximum absolute atomic E-state index is 8.87. The van der Waals surface area contributed by atoms with Gasteiger partial charge < -0.3 is 10.4 Å². The Kier molecular flexibility index (Phi) is 5.35. The molecule has 96 valence electrons. The van der Waals surface area contributed by atoms with Crippen molar-refractivity contribution in [1.29, 1.82) is 0 Å². The lowest BCUT2D eigenvalue weighted by molar-refractivity contribution is 0.276. The van der Waals surface area contributed by atoms with Crippen LogP contribution in [0.25, 0.3) is 0 Å². The van der Waals surface area contributed by atoms with Crippen LogP contribution in [0, 0.1) is 17.8 Å². The summed E-state index contributed by atoms with van der Waals surface area (Å²) in [5.74, 6) is 2.68. The topological polar surface area (TPSA) is 58.0 Å². The van der Waals surface area contributed by atoms with Crippen LogP contribution >= 0.6 is 0 Å². The summed E-state index contributed by atoms with van der Waals surface area (Å²) in [6.45, 7) is 9.82. The Morgan fingerprint density at radius 3 is 2.18 bits per heavy atom. The molecule has 0 fully saturated rings. The molecule has 4 nitrogen and oxygen atoms in total. The standard InChI is InChI=1S/C13H23N3O/c1-9(2)12(10(3)4)6-16-13-7-14-11(8-17)5-15-13/h5,7,9-10,12,17H,6,8H2,1-4H3,(H,15,16). The van der Waals surface area contributed by atoms with Crippen molar-refractivity contribution in [1.82, 2.24) is 9.97 Å². The Hall–Kier alpha value is -1.16. The zero-order chi connectivity index (χ0) is 12.8. The van der Waals surface area contributed by atoms with Crippen LogP contribution in [0.15, 0.2) is 12.4 Å². The molecule has 0 aliphatic heterocycles. The lowest BCUT2D eigenvalue weighted by Gasteiger charge is -2.25. The van der Waals surface area contributed by atoms with E-state index < -0.39 is 0 Å². The quantitative estimate of drug-likeness (QED) is 0.797. The van der Waals surface area contributed by atoms with Crippen molar-refractivity contribution >= 4 is 5.82 Å². The minimum absolute atomic E-state index is 0.0616. The first-order valence-corrected chi connectivity index (χ1v) is 6.20. The average Bonchev–Trinajstić information content (AvgIpc) is 2.29. The van der Waals surface area contributed by atoms with Gasteiger partial charge >= 0.3 is 0 Å². The number of hydrogen-bond acceptors (Lipinski definition) is 4. The van der Waals surface area contributed by atoms with Crippen molar-refractivity contribution in [2.75, 3.05) is 11.9 Å². The van der Waals surface area contributed by atoms with E-state index in [9.17, 15) is 0 Å². The molecule has 0 unspecified atom stereocenters. The molecule has 1 aromatic heterocycles. The summed E-state index contributed by atoms with van der Waals surface area (Å²) in [6.07, 6.45) is 3.27. The van der Waals surface area contributed by atoms with Gasteiger partial charge in [0, 0.05) is 6.54 Å². The van der Waals surface area contributed by atoms with E-state index in [1.54, 1.807) is 12.4 Å². The van der Waals surface area contributed by atoms with Gasteiger partial charge in [-0.25, -0.2) is 4.98 Å². The fourth-order valence-corrected chi connectivity index (χ4v) is 1.99. The van der Waals surface area contributed by atoms with Crippen LogP contribution in [-0.2, 0) is 6.61 Å². The van der Waals surface area contributed by atoms with Crippen LogP contribution in [-0.4, -0.2) is 21.6 Å². The minimum atomic E-state index is -0.0616. The molecular weight excluding hydrogens is 214 g/mol. The lowest BCUT2D eigenvalue weighted by Crippen LogP contribution is -2.24. The maximum Gasteiger partial charge on any atom is 0.144 e. The predicted molar refractivity (Wildman–Crippen MR) is 69.6 cm³/mol. The second-order valence-electron chi connectivity index (χ2n) is 5.08. The summed E-state index contributed by atoms with van der Waals surface area (Å²) in [5.41, 5.74) is 0.597. The van der Waals surface area contributed by atoms with Gasteiger partial charge in [-0.2, -0.15) is 0 Å². The molecule has 0 spiro atoms. The molecule has 0 radical (unpaired) electrons. The number of anilines is 1. The number of aromatic nitrogens is 2. The van der Waals surface area contributed by atoms with Gasteiger partial charge in [-0.1, -0.05) is 27.7 Å². The highest BCUT2D eigenvalue weighted by molar-refractivity contribution is 5.30. The molecular formula is C13H23N3O. The molecule has 0 bridgehead atoms. The molecule has 1 heterocycles. The average molecular weight is 237 g/mol. The third-order valence-electron chi connectivity index (χ3n) is 3.10. The van der Waals surface area contributed by atoms with Crippen LogP contribution in [0.3, 0.4) is 0 Å². The smallest absolute Gasteiger partial charge is 0.144 e. The van der Waals surface area contributed by atoms with E-state index in [4.69, 9.17) is 5.11 Å². The normalized spacial score (nSPS) is 11.5. The van der Waals surface area contributed by atoms with E-state index >= 15 is 0 Å². The molecule has 1 aromatic rings. The van der Waals surface area contributed by atoms with Gasteiger partial charge in [0.1, 0.15) is 5.82 Å². The Bertz CT molecular complexity index is 314. The molecule has 0 aromatic carbocycles. The number of nitrogens with one attached hydrogen (secondary N) is 1. The van der Waals surface area contributed by atoms with E-state index in [1.165, 1.54) is 0 Å². The number of aliphatic hydroxyl groups excluding tert-OH is 1. The van der Waals surface area contributed by atoms with Gasteiger partial charge in [-0.05, 0) is 17.8 Å². The zero-order valence-electron chi connectivity index (χ0n) is 11.1. The summed E-state index contributed by atoms with van der Waals surface area (Å²) in [7, 11) is 0. The molecule has 17 heavy (non-hydrogen) atoms. The van der Waals surface area contributed by atoms with E-state index in [-0.39, 0.29) is 6.61 Å². The van der Waals surface area contributed by atoms with Gasteiger partial charge in [0.2, 0.25) is 0 Å². The van der Waals surface area contributed by atoms with E-state index in [0.717, 1.165) is 12.4 Å². The van der Waals surface area contributed by atoms with Crippen molar-refractivity contribution in [3.05, 3.63) is 18.1 Å². The van der Waals surface area contributed by atoms with Crippen molar-refractivity contribution in [2.45, 2.75) is 34.3 Å². The Balaban J connectivity index is 2.53. The van der Waals surface area contributed by atoms with Gasteiger partial charge in [-0.15, -0.1) is 0 Å². The third-order valence-corrected chi connectivity index (χ3v) is 3.10. The number of hydrogen-bond donors (Lipinski definition) is 2. The molecule has 0 amide bonds. The second-order valence-corrected chi connectivity index (χ2v) is 5.08. The monoisotopic (exact) mass is 237 g/mol. The minimum Gasteiger partial charge on any atom is -0.390 e. The summed E-state index contributed by atoms with van der Waals surface area (Å²) in [6, 6.07) is 0. The van der Waals surface area contributed by atoms with Crippen molar-refractivity contribution < 1.29 is 5.11 Å². The van der Waals surface area contributed by atoms with Crippen LogP contribution < -0.4 is 5.32 Å². The summed E-state index contributed by atoms with van der Waals surface area (Å²) in [5, 5.41) is 12.2. The van der Waals surface area contributed by atoms with E-state index in [1.807, 2.05) is 0 Å². The summed E-state index contributed by atoms with van der Waals surface area (Å²) in [4.78, 5) is 8.30. The molecule has 2 N–H and O–H groups in total. The first-order valence-electron chi connectivity index (χ1n) is 6.20. The Labute approximate surface area is 103 Å². The molecule has 0 aliphatic carbocycles. The number of nitrogens with zero attached hydrogens (tertiary/aromatic N) is 2. The molecule has 0 saturated heterocycles. The molecule has 1 rings (SSSR count). The van der Waals surface area contributed by atoms with Gasteiger partial charge in [0.25, 0.3) is 0 Å². The largest absolute Gasteiger partial charge is 0.390 e. The molecule has 4 heteroatoms. The van der Waals surface area contributed by atoms with Gasteiger partial charge in [0.15, 0.2) is 0 Å². The van der Waals surface area contributed by atoms with E-state index in [0.29, 0.717) is 23.4 Å². The SMILES string of the molecule is CC(C)C(CNc1cnc(CO)cn1)C(C)C. The first kappa shape index (κ1) is 13.9. The fourth-order valence-electron chi connectivity index (χ4n) is 1.99. The fraction of sp³-hybridized carbons (Fsp3) is 0.692. The maximum atomic E-state index is 8.87. The van der Waals surface area contributed by atoms with Crippen molar-refractivity contribution in [3.63, 3.8) is 0 Å². The van der Waals surface area contributed by atoms with Crippen LogP contribution in [0.1, 0.15) is 33.4 Å². The summed E-state index contributed by atoms with van der Waals surface area (Å²) >= 11 is 0. The number of aliphatic hydroxyl groups is 1. The van der Waals surface area contributed by atoms with Crippen molar-refractivity contribution in [3.8, 4) is 0 Å². The van der Waals surface area contributed by atoms with Crippen LogP contribution in [0.2, 0.25) is 0 Å². The predicted octanol–water partition coefficient (Wildman–Crippen LogP) is 2.31. The highest BCUT2D eigenvalue weighted by Crippen LogP contribution is 2.20. The Morgan fingerprint density at radius 1 is 1.12 bits per heavy atom. The highest BCUT2D eigenvalue weighted by atomic mass is 16.3. The van der Waals surface area contributed by atoms with E-state index in [2.05, 4.69) is 43.0 Å². The zero-order valence-corrected chi connectivity index (χ0v) is 11.1. The lowest BCUT2D eigenvalue weighted by atomic mass is 9.85. The third kappa shape index (κ3) is 4.30. The van der Waals surface area contributed by atoms with Gasteiger partial charge in [0.05, 0.1) is 24.7 Å². The molecule has 0 atom stereocenters. The molecule has 0 aliphatic rings. The van der Waals surface area contributed by atoms with Gasteiger partial charge in [-0.3, -0.25) is 4.98 Å². The Morgan fingerprint density at radius 2 is 1.76 bits per heavy atom. The first-order chi connectivity index (χ1) is 8.04. The molecule has 0 saturated carbocycles. The highest BCUT2D eigenvalue weighted by Gasteiger charge is 2.17.